The van der Waals surface area contributed by atoms with Crippen LogP contribution < -0.4 is 15.4 Å². The average Bonchev–Trinajstić information content (AvgIpc) is 3.26. The van der Waals surface area contributed by atoms with Crippen LogP contribution in [0.4, 0.5) is 5.95 Å². The van der Waals surface area contributed by atoms with Crippen LogP contribution in [0.5, 0.6) is 5.75 Å². The number of carbonyl (C=O) groups is 2. The van der Waals surface area contributed by atoms with Gasteiger partial charge in [-0.1, -0.05) is 42.8 Å². The number of carbonyl (C=O) groups excluding carboxylic acids is 2. The number of hydrogen-bond donors (Lipinski definition) is 2. The fourth-order valence-electron chi connectivity index (χ4n) is 4.34. The Hall–Kier alpha value is -3.36. The van der Waals surface area contributed by atoms with Gasteiger partial charge >= 0.3 is 0 Å². The van der Waals surface area contributed by atoms with Crippen molar-refractivity contribution in [3.05, 3.63) is 58.7 Å². The van der Waals surface area contributed by atoms with Crippen molar-refractivity contribution >= 4 is 51.9 Å². The van der Waals surface area contributed by atoms with E-state index in [0.717, 1.165) is 28.5 Å². The molecule has 188 valence electrons. The zero-order valence-electron chi connectivity index (χ0n) is 20.3. The van der Waals surface area contributed by atoms with Gasteiger partial charge in [0.05, 0.1) is 34.8 Å². The fraction of sp³-hybridized carbons (Fsp3) is 0.308. The Bertz CT molecular complexity index is 1320. The molecule has 36 heavy (non-hydrogen) atoms. The van der Waals surface area contributed by atoms with Crippen molar-refractivity contribution in [2.75, 3.05) is 25.5 Å². The molecule has 2 amide bonds. The average molecular weight is 528 g/mol. The lowest BCUT2D eigenvalue weighted by Gasteiger charge is -2.20. The highest BCUT2D eigenvalue weighted by Gasteiger charge is 2.35. The third-order valence-corrected chi connectivity index (χ3v) is 7.11. The summed E-state index contributed by atoms with van der Waals surface area (Å²) in [6.07, 6.45) is 3.66. The highest BCUT2D eigenvalue weighted by atomic mass is 35.5. The van der Waals surface area contributed by atoms with Crippen molar-refractivity contribution in [1.29, 1.82) is 0 Å². The van der Waals surface area contributed by atoms with Crippen molar-refractivity contribution in [2.24, 2.45) is 0 Å². The van der Waals surface area contributed by atoms with E-state index in [4.69, 9.17) is 27.9 Å². The Kier molecular flexibility index (Phi) is 7.66. The lowest BCUT2D eigenvalue weighted by Crippen LogP contribution is -2.45. The number of anilines is 1. The van der Waals surface area contributed by atoms with Gasteiger partial charge < -0.3 is 20.3 Å². The molecule has 2 aromatic carbocycles. The Balaban J connectivity index is 1.64. The maximum Gasteiger partial charge on any atom is 0.243 e. The summed E-state index contributed by atoms with van der Waals surface area (Å²) in [7, 11) is 1.58. The summed E-state index contributed by atoms with van der Waals surface area (Å²) < 4.78 is 5.45. The van der Waals surface area contributed by atoms with Gasteiger partial charge in [-0.2, -0.15) is 0 Å². The number of hydrogen-bond acceptors (Lipinski definition) is 6. The van der Waals surface area contributed by atoms with E-state index in [9.17, 15) is 9.59 Å². The number of rotatable bonds is 7. The first-order valence-corrected chi connectivity index (χ1v) is 12.3. The molecule has 0 bridgehead atoms. The molecular formula is C26H27Cl2N5O3. The number of ether oxygens (including phenoxy) is 1. The summed E-state index contributed by atoms with van der Waals surface area (Å²) in [4.78, 5) is 34.6. The summed E-state index contributed by atoms with van der Waals surface area (Å²) in [6.45, 7) is 7.84. The van der Waals surface area contributed by atoms with Crippen molar-refractivity contribution in [1.82, 2.24) is 20.2 Å². The number of fused-ring (bicyclic) bond motifs is 1. The van der Waals surface area contributed by atoms with Gasteiger partial charge in [-0.05, 0) is 41.8 Å². The first-order valence-electron chi connectivity index (χ1n) is 11.5. The zero-order chi connectivity index (χ0) is 26.0. The zero-order valence-corrected chi connectivity index (χ0v) is 21.8. The number of aromatic nitrogens is 2. The quantitative estimate of drug-likeness (QED) is 0.439. The number of nitrogens with one attached hydrogen (secondary N) is 2. The van der Waals surface area contributed by atoms with E-state index in [1.807, 2.05) is 31.2 Å². The first-order chi connectivity index (χ1) is 17.2. The van der Waals surface area contributed by atoms with Gasteiger partial charge in [0, 0.05) is 37.2 Å². The molecule has 1 aromatic heterocycles. The number of aryl methyl sites for hydroxylation is 1. The van der Waals surface area contributed by atoms with Gasteiger partial charge in [0.2, 0.25) is 17.8 Å². The van der Waals surface area contributed by atoms with Gasteiger partial charge in [-0.3, -0.25) is 9.59 Å². The Labute approximate surface area is 219 Å². The highest BCUT2D eigenvalue weighted by Crippen LogP contribution is 2.43. The standard InChI is InChI=1S/C26H27Cl2N5O3/c1-5-15-10-21(36-4)25(28)23(24(15)27)16-7-8-18-17(9-16)11-29-26(31-18)32-20-13-33(14(3)34)12-19(20)30-22(35)6-2/h6-11,19-20H,2,5,12-13H2,1,3-4H3,(H,30,35)(H,29,31,32). The van der Waals surface area contributed by atoms with Crippen LogP contribution in [0.1, 0.15) is 19.4 Å². The molecule has 2 atom stereocenters. The second-order valence-electron chi connectivity index (χ2n) is 8.56. The molecular weight excluding hydrogens is 501 g/mol. The van der Waals surface area contributed by atoms with E-state index in [0.29, 0.717) is 40.4 Å². The summed E-state index contributed by atoms with van der Waals surface area (Å²) in [5, 5.41) is 7.98. The number of halogens is 2. The predicted molar refractivity (Wildman–Crippen MR) is 143 cm³/mol. The predicted octanol–water partition coefficient (Wildman–Crippen LogP) is 4.49. The second-order valence-corrected chi connectivity index (χ2v) is 9.31. The molecule has 0 radical (unpaired) electrons. The van der Waals surface area contributed by atoms with Crippen molar-refractivity contribution in [3.63, 3.8) is 0 Å². The highest BCUT2D eigenvalue weighted by molar-refractivity contribution is 6.40. The summed E-state index contributed by atoms with van der Waals surface area (Å²) in [5.41, 5.74) is 3.19. The molecule has 1 saturated heterocycles. The minimum atomic E-state index is -0.301. The molecule has 8 nitrogen and oxygen atoms in total. The molecule has 3 aromatic rings. The van der Waals surface area contributed by atoms with Crippen LogP contribution in [0.3, 0.4) is 0 Å². The SMILES string of the molecule is C=CC(=O)NC1CN(C(C)=O)CC1Nc1ncc2cc(-c3c(Cl)c(CC)cc(OC)c3Cl)ccc2n1. The molecule has 0 spiro atoms. The minimum absolute atomic E-state index is 0.0646. The van der Waals surface area contributed by atoms with Gasteiger partial charge in [0.15, 0.2) is 0 Å². The summed E-state index contributed by atoms with van der Waals surface area (Å²) >= 11 is 13.3. The summed E-state index contributed by atoms with van der Waals surface area (Å²) in [5.74, 6) is 0.600. The topological polar surface area (TPSA) is 96.5 Å². The molecule has 0 saturated carbocycles. The normalized spacial score (nSPS) is 17.2. The Morgan fingerprint density at radius 1 is 1.22 bits per heavy atom. The van der Waals surface area contributed by atoms with Crippen LogP contribution in [0.2, 0.25) is 10.0 Å². The molecule has 4 rings (SSSR count). The number of amides is 2. The van der Waals surface area contributed by atoms with Crippen LogP contribution in [-0.4, -0.2) is 59.0 Å². The Morgan fingerprint density at radius 2 is 1.97 bits per heavy atom. The lowest BCUT2D eigenvalue weighted by atomic mass is 9.99. The summed E-state index contributed by atoms with van der Waals surface area (Å²) in [6, 6.07) is 7.03. The second kappa shape index (κ2) is 10.7. The van der Waals surface area contributed by atoms with Crippen molar-refractivity contribution in [2.45, 2.75) is 32.4 Å². The van der Waals surface area contributed by atoms with E-state index < -0.39 is 0 Å². The van der Waals surface area contributed by atoms with Crippen molar-refractivity contribution in [3.8, 4) is 16.9 Å². The number of nitrogens with zero attached hydrogens (tertiary/aromatic N) is 3. The smallest absolute Gasteiger partial charge is 0.243 e. The number of benzene rings is 2. The van der Waals surface area contributed by atoms with Crippen LogP contribution >= 0.6 is 23.2 Å². The molecule has 1 aliphatic rings. The van der Waals surface area contributed by atoms with E-state index in [1.165, 1.54) is 13.0 Å². The maximum absolute atomic E-state index is 11.9. The molecule has 2 heterocycles. The fourth-order valence-corrected chi connectivity index (χ4v) is 5.12. The molecule has 2 N–H and O–H groups in total. The Morgan fingerprint density at radius 3 is 2.64 bits per heavy atom. The lowest BCUT2D eigenvalue weighted by molar-refractivity contribution is -0.128. The molecule has 1 aliphatic heterocycles. The molecule has 10 heteroatoms. The van der Waals surface area contributed by atoms with Crippen LogP contribution in [0, 0.1) is 0 Å². The third-order valence-electron chi connectivity index (χ3n) is 6.30. The van der Waals surface area contributed by atoms with Crippen LogP contribution in [-0.2, 0) is 16.0 Å². The van der Waals surface area contributed by atoms with E-state index in [-0.39, 0.29) is 23.9 Å². The van der Waals surface area contributed by atoms with E-state index in [1.54, 1.807) is 18.2 Å². The van der Waals surface area contributed by atoms with Gasteiger partial charge in [-0.25, -0.2) is 9.97 Å². The molecule has 0 aliphatic carbocycles. The van der Waals surface area contributed by atoms with Crippen LogP contribution in [0.25, 0.3) is 22.0 Å². The first kappa shape index (κ1) is 25.7. The number of methoxy groups -OCH3 is 1. The number of likely N-dealkylation sites (tertiary alicyclic amines) is 1. The van der Waals surface area contributed by atoms with Gasteiger partial charge in [0.1, 0.15) is 5.75 Å². The third kappa shape index (κ3) is 5.10. The van der Waals surface area contributed by atoms with Gasteiger partial charge in [0.25, 0.3) is 0 Å². The maximum atomic E-state index is 11.9. The monoisotopic (exact) mass is 527 g/mol. The molecule has 2 unspecified atom stereocenters. The van der Waals surface area contributed by atoms with E-state index in [2.05, 4.69) is 27.2 Å². The minimum Gasteiger partial charge on any atom is -0.495 e. The van der Waals surface area contributed by atoms with Crippen molar-refractivity contribution < 1.29 is 14.3 Å². The van der Waals surface area contributed by atoms with Crippen LogP contribution in [0.15, 0.2) is 43.1 Å². The van der Waals surface area contributed by atoms with Gasteiger partial charge in [-0.15, -0.1) is 0 Å². The largest absolute Gasteiger partial charge is 0.495 e. The van der Waals surface area contributed by atoms with E-state index >= 15 is 0 Å². The molecule has 1 fully saturated rings.